The van der Waals surface area contributed by atoms with Crippen LogP contribution in [-0.4, -0.2) is 26.4 Å². The van der Waals surface area contributed by atoms with E-state index in [0.717, 1.165) is 12.0 Å². The van der Waals surface area contributed by atoms with E-state index in [-0.39, 0.29) is 10.6 Å². The van der Waals surface area contributed by atoms with Crippen molar-refractivity contribution in [2.45, 2.75) is 29.6 Å². The molecule has 0 unspecified atom stereocenters. The normalized spacial score (nSPS) is 19.7. The Balaban J connectivity index is 2.24. The number of hydrogen-bond donors (Lipinski definition) is 0. The van der Waals surface area contributed by atoms with Crippen LogP contribution in [0.15, 0.2) is 35.5 Å². The van der Waals surface area contributed by atoms with Gasteiger partial charge in [-0.15, -0.1) is 0 Å². The van der Waals surface area contributed by atoms with E-state index < -0.39 is 9.29 Å². The Hall–Kier alpha value is -0.130. The maximum absolute atomic E-state index is 6.10. The minimum absolute atomic E-state index is 0.0614. The van der Waals surface area contributed by atoms with Crippen molar-refractivity contribution in [1.29, 1.82) is 0 Å². The molecule has 1 heterocycles. The molecule has 0 atom stereocenters. The van der Waals surface area contributed by atoms with Gasteiger partial charge in [0.1, 0.15) is 0 Å². The average Bonchev–Trinajstić information content (AvgIpc) is 2.68. The number of nitrogens with zero attached hydrogens (tertiary/aromatic N) is 1. The summed E-state index contributed by atoms with van der Waals surface area (Å²) in [5.74, 6) is 1.30. The van der Waals surface area contributed by atoms with Crippen LogP contribution < -0.4 is 0 Å². The summed E-state index contributed by atoms with van der Waals surface area (Å²) in [6, 6.07) is 0. The van der Waals surface area contributed by atoms with Gasteiger partial charge in [-0.25, -0.2) is 0 Å². The lowest BCUT2D eigenvalue weighted by atomic mass is 9.90. The van der Waals surface area contributed by atoms with Gasteiger partial charge in [0.25, 0.3) is 5.17 Å². The number of ether oxygens (including phenoxy) is 2. The Morgan fingerprint density at radius 1 is 1.45 bits per heavy atom. The first-order valence-corrected chi connectivity index (χ1v) is 8.50. The smallest absolute Gasteiger partial charge is 0.266 e. The predicted molar refractivity (Wildman–Crippen MR) is 95.1 cm³/mol. The van der Waals surface area contributed by atoms with Crippen LogP contribution in [0.3, 0.4) is 0 Å². The second-order valence-electron chi connectivity index (χ2n) is 5.67. The zero-order valence-electron chi connectivity index (χ0n) is 12.2. The summed E-state index contributed by atoms with van der Waals surface area (Å²) in [7, 11) is 1.56. The van der Waals surface area contributed by atoms with Crippen LogP contribution in [0.4, 0.5) is 0 Å². The quantitative estimate of drug-likeness (QED) is 0.364. The highest BCUT2D eigenvalue weighted by atomic mass is 35.5. The highest BCUT2D eigenvalue weighted by Gasteiger charge is 2.43. The number of fused-ring (bicyclic) bond motifs is 1. The van der Waals surface area contributed by atoms with Crippen LogP contribution in [-0.2, 0) is 9.47 Å². The van der Waals surface area contributed by atoms with Crippen LogP contribution in [0, 0.1) is 5.41 Å². The van der Waals surface area contributed by atoms with E-state index in [2.05, 4.69) is 0 Å². The van der Waals surface area contributed by atoms with Gasteiger partial charge in [0.15, 0.2) is 16.4 Å². The standard InChI is InChI=1S/C14H15Cl4NO2S/c1-13(2)7-8-5-4-6-20-9(8)10(13)21-12(22)19(3)14(17,18)11(15)16/h4-6,11H,7H2,1-3H3. The summed E-state index contributed by atoms with van der Waals surface area (Å²) in [6.07, 6.45) is 6.22. The van der Waals surface area contributed by atoms with E-state index in [1.165, 1.54) is 4.90 Å². The van der Waals surface area contributed by atoms with Crippen LogP contribution >= 0.6 is 58.6 Å². The monoisotopic (exact) mass is 401 g/mol. The molecule has 122 valence electrons. The molecule has 0 spiro atoms. The van der Waals surface area contributed by atoms with Crippen molar-refractivity contribution in [3.63, 3.8) is 0 Å². The molecule has 0 saturated carbocycles. The molecule has 0 N–H and O–H groups in total. The Labute approximate surface area is 155 Å². The topological polar surface area (TPSA) is 21.7 Å². The third-order valence-electron chi connectivity index (χ3n) is 3.48. The molecular formula is C14H15Cl4NO2S. The summed E-state index contributed by atoms with van der Waals surface area (Å²) in [5, 5.41) is 0.0614. The van der Waals surface area contributed by atoms with Crippen LogP contribution in [0.25, 0.3) is 0 Å². The Morgan fingerprint density at radius 3 is 2.68 bits per heavy atom. The second kappa shape index (κ2) is 6.40. The highest BCUT2D eigenvalue weighted by molar-refractivity contribution is 7.80. The molecule has 22 heavy (non-hydrogen) atoms. The molecule has 3 nitrogen and oxygen atoms in total. The molecule has 0 bridgehead atoms. The summed E-state index contributed by atoms with van der Waals surface area (Å²) >= 11 is 29.0. The average molecular weight is 403 g/mol. The van der Waals surface area contributed by atoms with E-state index in [4.69, 9.17) is 68.1 Å². The third kappa shape index (κ3) is 3.36. The molecule has 0 aromatic heterocycles. The number of thiocarbonyl (C=S) groups is 1. The van der Waals surface area contributed by atoms with Gasteiger partial charge in [-0.1, -0.05) is 66.3 Å². The fourth-order valence-electron chi connectivity index (χ4n) is 2.22. The Kier molecular flexibility index (Phi) is 5.30. The molecule has 8 heteroatoms. The van der Waals surface area contributed by atoms with Gasteiger partial charge in [0, 0.05) is 12.5 Å². The predicted octanol–water partition coefficient (Wildman–Crippen LogP) is 5.27. The van der Waals surface area contributed by atoms with E-state index in [1.807, 2.05) is 26.0 Å². The molecule has 1 aliphatic heterocycles. The first-order chi connectivity index (χ1) is 10.1. The number of allylic oxidation sites excluding steroid dienone is 4. The molecule has 0 aromatic rings. The van der Waals surface area contributed by atoms with Crippen molar-refractivity contribution in [2.24, 2.45) is 5.41 Å². The first kappa shape index (κ1) is 18.2. The molecule has 0 saturated heterocycles. The lowest BCUT2D eigenvalue weighted by Gasteiger charge is -2.34. The Morgan fingerprint density at radius 2 is 2.09 bits per heavy atom. The van der Waals surface area contributed by atoms with Crippen molar-refractivity contribution >= 4 is 63.8 Å². The fourth-order valence-corrected chi connectivity index (χ4v) is 3.00. The number of halogens is 4. The van der Waals surface area contributed by atoms with Crippen LogP contribution in [0.2, 0.25) is 0 Å². The molecule has 2 aliphatic rings. The van der Waals surface area contributed by atoms with E-state index in [9.17, 15) is 0 Å². The zero-order chi connectivity index (χ0) is 16.7. The molecule has 0 radical (unpaired) electrons. The summed E-state index contributed by atoms with van der Waals surface area (Å²) in [6.45, 7) is 4.09. The van der Waals surface area contributed by atoms with Gasteiger partial charge >= 0.3 is 0 Å². The van der Waals surface area contributed by atoms with Crippen LogP contribution in [0.1, 0.15) is 20.3 Å². The van der Waals surface area contributed by atoms with Gasteiger partial charge < -0.3 is 14.4 Å². The molecular weight excluding hydrogens is 388 g/mol. The largest absolute Gasteiger partial charge is 0.461 e. The zero-order valence-corrected chi connectivity index (χ0v) is 16.0. The van der Waals surface area contributed by atoms with Crippen molar-refractivity contribution in [2.75, 3.05) is 7.05 Å². The van der Waals surface area contributed by atoms with Crippen molar-refractivity contribution in [3.8, 4) is 0 Å². The summed E-state index contributed by atoms with van der Waals surface area (Å²) < 4.78 is 9.82. The van der Waals surface area contributed by atoms with Crippen molar-refractivity contribution < 1.29 is 9.47 Å². The lowest BCUT2D eigenvalue weighted by molar-refractivity contribution is 0.222. The third-order valence-corrected chi connectivity index (χ3v) is 5.86. The SMILES string of the molecule is CN(C(=S)OC1=C2OC=CC=C2CC1(C)C)C(Cl)(Cl)C(Cl)Cl. The van der Waals surface area contributed by atoms with E-state index in [1.54, 1.807) is 13.3 Å². The number of alkyl halides is 4. The van der Waals surface area contributed by atoms with Gasteiger partial charge in [-0.2, -0.15) is 0 Å². The van der Waals surface area contributed by atoms with Gasteiger partial charge in [0.05, 0.1) is 6.26 Å². The highest BCUT2D eigenvalue weighted by Crippen LogP contribution is 2.48. The first-order valence-electron chi connectivity index (χ1n) is 6.46. The fraction of sp³-hybridized carbons (Fsp3) is 0.500. The van der Waals surface area contributed by atoms with E-state index in [0.29, 0.717) is 11.5 Å². The number of rotatable bonds is 3. The maximum Gasteiger partial charge on any atom is 0.266 e. The second-order valence-corrected chi connectivity index (χ2v) is 8.46. The molecule has 0 amide bonds. The van der Waals surface area contributed by atoms with Gasteiger partial charge in [-0.3, -0.25) is 0 Å². The summed E-state index contributed by atoms with van der Waals surface area (Å²) in [4.78, 5) is 0.237. The minimum Gasteiger partial charge on any atom is -0.461 e. The van der Waals surface area contributed by atoms with Gasteiger partial charge in [-0.05, 0) is 30.3 Å². The minimum atomic E-state index is -1.60. The van der Waals surface area contributed by atoms with Crippen molar-refractivity contribution in [1.82, 2.24) is 4.90 Å². The van der Waals surface area contributed by atoms with Crippen LogP contribution in [0.5, 0.6) is 0 Å². The lowest BCUT2D eigenvalue weighted by Crippen LogP contribution is -2.45. The maximum atomic E-state index is 6.10. The number of hydrogen-bond acceptors (Lipinski definition) is 3. The Bertz CT molecular complexity index is 581. The molecule has 0 fully saturated rings. The summed E-state index contributed by atoms with van der Waals surface area (Å²) in [5.41, 5.74) is 0.796. The molecule has 0 aromatic carbocycles. The van der Waals surface area contributed by atoms with Gasteiger partial charge in [0.2, 0.25) is 4.46 Å². The van der Waals surface area contributed by atoms with E-state index >= 15 is 0 Å². The molecule has 1 aliphatic carbocycles. The molecule has 2 rings (SSSR count). The van der Waals surface area contributed by atoms with Crippen molar-refractivity contribution in [3.05, 3.63) is 35.5 Å².